The fraction of sp³-hybridized carbons (Fsp3) is 0.489. The lowest BCUT2D eigenvalue weighted by atomic mass is 9.99. The minimum atomic E-state index is -1.29. The van der Waals surface area contributed by atoms with Crippen LogP contribution in [0.2, 0.25) is 0 Å². The number of aromatic nitrogens is 2. The Labute approximate surface area is 405 Å². The third kappa shape index (κ3) is 14.2. The molecule has 11 N–H and O–H groups in total. The number of likely N-dealkylation sites (tertiary alicyclic amines) is 1. The number of nitrogens with zero attached hydrogens (tertiary/aromatic N) is 1. The van der Waals surface area contributed by atoms with Crippen LogP contribution in [0.15, 0.2) is 60.9 Å². The summed E-state index contributed by atoms with van der Waals surface area (Å²) in [5, 5.41) is 27.0. The van der Waals surface area contributed by atoms with Gasteiger partial charge in [0.15, 0.2) is 0 Å². The molecule has 7 atom stereocenters. The van der Waals surface area contributed by atoms with E-state index in [9.17, 15) is 43.5 Å². The number of nitrogens with two attached hydrogens (primary N) is 1. The number of aromatic amines is 2. The SMILES string of the molecule is CC(C)C[C@H](NC(=O)[C@H](Cc1c[nH]c2ccccc12)NC(=O)[C@@H]1CCCN1C(=O)[C@H](CC(C)C)NC(=O)[C@H](Cc1c[nH]c2ccccc12)NC(=O)[C@@H](N)CS)C(=O)NCC(=O)N[C@@H](CS)C(=O)O. The lowest BCUT2D eigenvalue weighted by Gasteiger charge is -2.31. The molecule has 3 heterocycles. The predicted molar refractivity (Wildman–Crippen MR) is 264 cm³/mol. The van der Waals surface area contributed by atoms with Crippen molar-refractivity contribution in [2.75, 3.05) is 24.6 Å². The minimum Gasteiger partial charge on any atom is -0.480 e. The Morgan fingerprint density at radius 1 is 0.676 bits per heavy atom. The van der Waals surface area contributed by atoms with Gasteiger partial charge in [0.05, 0.1) is 12.6 Å². The van der Waals surface area contributed by atoms with Crippen molar-refractivity contribution in [3.05, 3.63) is 72.1 Å². The van der Waals surface area contributed by atoms with Gasteiger partial charge in [-0.3, -0.25) is 33.6 Å². The second-order valence-electron chi connectivity index (χ2n) is 18.0. The zero-order valence-electron chi connectivity index (χ0n) is 38.7. The molecule has 7 amide bonds. The molecule has 4 aromatic rings. The van der Waals surface area contributed by atoms with E-state index < -0.39 is 96.2 Å². The monoisotopic (exact) mass is 976 g/mol. The van der Waals surface area contributed by atoms with E-state index in [1.54, 1.807) is 12.4 Å². The van der Waals surface area contributed by atoms with Gasteiger partial charge in [-0.15, -0.1) is 0 Å². The molecule has 0 aliphatic carbocycles. The van der Waals surface area contributed by atoms with Crippen LogP contribution in [-0.2, 0) is 51.2 Å². The van der Waals surface area contributed by atoms with Crippen molar-refractivity contribution in [3.63, 3.8) is 0 Å². The van der Waals surface area contributed by atoms with Gasteiger partial charge in [0.25, 0.3) is 0 Å². The second-order valence-corrected chi connectivity index (χ2v) is 18.7. The summed E-state index contributed by atoms with van der Waals surface area (Å²) in [4.78, 5) is 116. The molecule has 0 radical (unpaired) electrons. The van der Waals surface area contributed by atoms with E-state index >= 15 is 0 Å². The molecule has 0 bridgehead atoms. The first-order chi connectivity index (χ1) is 32.4. The lowest BCUT2D eigenvalue weighted by molar-refractivity contribution is -0.143. The first-order valence-electron chi connectivity index (χ1n) is 22.8. The Balaban J connectivity index is 1.36. The summed E-state index contributed by atoms with van der Waals surface area (Å²) in [6.07, 6.45) is 4.65. The number of hydrogen-bond donors (Lipinski definition) is 12. The molecular formula is C47H64N10O9S2. The van der Waals surface area contributed by atoms with E-state index in [1.807, 2.05) is 76.2 Å². The topological polar surface area (TPSA) is 290 Å². The fourth-order valence-corrected chi connectivity index (χ4v) is 8.67. The maximum absolute atomic E-state index is 14.6. The standard InChI is InChI=1S/C47H64N10O9S2/c1-25(2)16-34(42(60)51-22-40(58)52-38(24-68)47(65)66)54-43(61)36(19-28-21-50-33-13-8-6-11-30(28)33)55-45(63)39-14-9-15-57(39)46(64)37(17-26(3)4)56-44(62)35(53-41(59)31(48)23-67)18-27-20-49-32-12-7-5-10-29(27)32/h5-8,10-13,20-21,25-26,31,34-39,49-50,67-68H,9,14-19,22-24,48H2,1-4H3,(H,51,60)(H,52,58)(H,53,59)(H,54,61)(H,55,63)(H,56,62)(H,65,66)/t31-,34-,35-,36-,37-,38-,39-/m0/s1. The number of H-pyrrole nitrogens is 2. The number of fused-ring (bicyclic) bond motifs is 2. The Hall–Kier alpha value is -6.06. The van der Waals surface area contributed by atoms with Crippen LogP contribution < -0.4 is 37.6 Å². The second kappa shape index (κ2) is 24.8. The van der Waals surface area contributed by atoms with Crippen molar-refractivity contribution in [2.45, 2.75) is 109 Å². The van der Waals surface area contributed by atoms with E-state index in [-0.39, 0.29) is 62.0 Å². The molecule has 68 heavy (non-hydrogen) atoms. The molecule has 21 heteroatoms. The average molecular weight is 977 g/mol. The number of nitrogens with one attached hydrogen (secondary N) is 8. The van der Waals surface area contributed by atoms with E-state index in [2.05, 4.69) is 67.1 Å². The number of benzene rings is 2. The van der Waals surface area contributed by atoms with Crippen molar-refractivity contribution in [1.82, 2.24) is 46.8 Å². The molecule has 368 valence electrons. The number of carboxylic acid groups (broad SMARTS) is 1. The van der Waals surface area contributed by atoms with Gasteiger partial charge in [-0.05, 0) is 60.8 Å². The van der Waals surface area contributed by atoms with Gasteiger partial charge in [-0.1, -0.05) is 64.1 Å². The van der Waals surface area contributed by atoms with Crippen molar-refractivity contribution in [3.8, 4) is 0 Å². The van der Waals surface area contributed by atoms with Gasteiger partial charge in [0, 0.05) is 65.1 Å². The van der Waals surface area contributed by atoms with Crippen LogP contribution in [0.4, 0.5) is 0 Å². The molecule has 1 fully saturated rings. The zero-order valence-corrected chi connectivity index (χ0v) is 40.5. The van der Waals surface area contributed by atoms with Crippen molar-refractivity contribution < 1.29 is 43.5 Å². The molecular weight excluding hydrogens is 913 g/mol. The van der Waals surface area contributed by atoms with Gasteiger partial charge < -0.3 is 57.6 Å². The van der Waals surface area contributed by atoms with E-state index in [0.717, 1.165) is 27.4 Å². The third-order valence-corrected chi connectivity index (χ3v) is 12.5. The smallest absolute Gasteiger partial charge is 0.327 e. The van der Waals surface area contributed by atoms with Gasteiger partial charge in [-0.25, -0.2) is 4.79 Å². The summed E-state index contributed by atoms with van der Waals surface area (Å²) < 4.78 is 0. The number of thiol groups is 2. The Morgan fingerprint density at radius 2 is 1.19 bits per heavy atom. The molecule has 2 aromatic heterocycles. The first kappa shape index (κ1) is 52.9. The van der Waals surface area contributed by atoms with Crippen LogP contribution in [0.5, 0.6) is 0 Å². The number of carboxylic acids is 1. The van der Waals surface area contributed by atoms with E-state index in [4.69, 9.17) is 5.73 Å². The maximum atomic E-state index is 14.6. The number of hydrogen-bond acceptors (Lipinski definition) is 11. The Bertz CT molecular complexity index is 2440. The Kier molecular flexibility index (Phi) is 19.3. The number of carbonyl (C=O) groups is 8. The zero-order chi connectivity index (χ0) is 49.7. The lowest BCUT2D eigenvalue weighted by Crippen LogP contribution is -2.60. The number of amides is 7. The third-order valence-electron chi connectivity index (χ3n) is 11.7. The normalized spacial score (nSPS) is 16.4. The number of carbonyl (C=O) groups excluding carboxylic acids is 7. The number of aliphatic carboxylic acids is 1. The summed E-state index contributed by atoms with van der Waals surface area (Å²) in [6.45, 7) is 7.10. The number of rotatable bonds is 24. The highest BCUT2D eigenvalue weighted by Gasteiger charge is 2.40. The predicted octanol–water partition coefficient (Wildman–Crippen LogP) is 1.33. The van der Waals surface area contributed by atoms with Crippen LogP contribution in [0.1, 0.15) is 64.5 Å². The average Bonchev–Trinajstić information content (AvgIpc) is 4.07. The highest BCUT2D eigenvalue weighted by Crippen LogP contribution is 2.24. The van der Waals surface area contributed by atoms with Crippen molar-refractivity contribution in [1.29, 1.82) is 0 Å². The maximum Gasteiger partial charge on any atom is 0.327 e. The Morgan fingerprint density at radius 3 is 1.72 bits per heavy atom. The summed E-state index contributed by atoms with van der Waals surface area (Å²) in [5.74, 6) is -6.11. The molecule has 1 saturated heterocycles. The number of para-hydroxylation sites is 2. The highest BCUT2D eigenvalue weighted by atomic mass is 32.1. The summed E-state index contributed by atoms with van der Waals surface area (Å²) in [6, 6.07) is 7.03. The molecule has 19 nitrogen and oxygen atoms in total. The molecule has 5 rings (SSSR count). The highest BCUT2D eigenvalue weighted by molar-refractivity contribution is 7.80. The van der Waals surface area contributed by atoms with E-state index in [1.165, 1.54) is 4.90 Å². The largest absolute Gasteiger partial charge is 0.480 e. The quantitative estimate of drug-likeness (QED) is 0.0448. The molecule has 1 aliphatic rings. The van der Waals surface area contributed by atoms with Crippen molar-refractivity contribution >= 4 is 94.4 Å². The molecule has 0 saturated carbocycles. The van der Waals surface area contributed by atoms with Crippen LogP contribution in [0.25, 0.3) is 21.8 Å². The molecule has 1 aliphatic heterocycles. The van der Waals surface area contributed by atoms with Gasteiger partial charge >= 0.3 is 5.97 Å². The summed E-state index contributed by atoms with van der Waals surface area (Å²) in [7, 11) is 0. The summed E-state index contributed by atoms with van der Waals surface area (Å²) >= 11 is 8.10. The van der Waals surface area contributed by atoms with Crippen LogP contribution in [0.3, 0.4) is 0 Å². The van der Waals surface area contributed by atoms with Gasteiger partial charge in [-0.2, -0.15) is 25.3 Å². The van der Waals surface area contributed by atoms with Gasteiger partial charge in [0.2, 0.25) is 41.4 Å². The van der Waals surface area contributed by atoms with E-state index in [0.29, 0.717) is 12.0 Å². The van der Waals surface area contributed by atoms with Crippen LogP contribution in [-0.4, -0.2) is 134 Å². The molecule has 0 unspecified atom stereocenters. The molecule has 2 aromatic carbocycles. The van der Waals surface area contributed by atoms with Crippen molar-refractivity contribution in [2.24, 2.45) is 17.6 Å². The van der Waals surface area contributed by atoms with Crippen LogP contribution >= 0.6 is 25.3 Å². The molecule has 0 spiro atoms. The fourth-order valence-electron chi connectivity index (χ4n) is 8.25. The van der Waals surface area contributed by atoms with Crippen LogP contribution in [0, 0.1) is 11.8 Å². The first-order valence-corrected chi connectivity index (χ1v) is 24.1. The summed E-state index contributed by atoms with van der Waals surface area (Å²) in [5.41, 5.74) is 9.08. The van der Waals surface area contributed by atoms with Gasteiger partial charge in [0.1, 0.15) is 36.3 Å². The minimum absolute atomic E-state index is 0.00652.